The number of nitrogens with zero attached hydrogens (tertiary/aromatic N) is 2. The van der Waals surface area contributed by atoms with Gasteiger partial charge in [0, 0.05) is 6.54 Å². The van der Waals surface area contributed by atoms with Gasteiger partial charge >= 0.3 is 0 Å². The van der Waals surface area contributed by atoms with Crippen LogP contribution in [-0.2, 0) is 13.1 Å². The number of rotatable bonds is 6. The van der Waals surface area contributed by atoms with Crippen molar-refractivity contribution in [2.45, 2.75) is 20.0 Å². The lowest BCUT2D eigenvalue weighted by Crippen LogP contribution is -2.14. The van der Waals surface area contributed by atoms with Gasteiger partial charge in [0.1, 0.15) is 17.9 Å². The molecule has 0 saturated heterocycles. The molecule has 0 amide bonds. The number of hydrogen-bond acceptors (Lipinski definition) is 4. The fourth-order valence-electron chi connectivity index (χ4n) is 1.64. The minimum Gasteiger partial charge on any atom is -0.492 e. The van der Waals surface area contributed by atoms with Crippen LogP contribution in [0.1, 0.15) is 18.3 Å². The van der Waals surface area contributed by atoms with Crippen molar-refractivity contribution in [1.82, 2.24) is 20.5 Å². The second kappa shape index (κ2) is 7.02. The van der Waals surface area contributed by atoms with E-state index in [4.69, 9.17) is 4.74 Å². The van der Waals surface area contributed by atoms with E-state index in [0.29, 0.717) is 13.2 Å². The monoisotopic (exact) mass is 388 g/mol. The van der Waals surface area contributed by atoms with Crippen LogP contribution in [-0.4, -0.2) is 21.8 Å². The van der Waals surface area contributed by atoms with Crippen molar-refractivity contribution in [3.63, 3.8) is 0 Å². The molecule has 1 heterocycles. The maximum absolute atomic E-state index is 5.55. The Labute approximate surface area is 128 Å². The second-order valence-corrected chi connectivity index (χ2v) is 5.57. The van der Waals surface area contributed by atoms with Gasteiger partial charge in [0.2, 0.25) is 0 Å². The van der Waals surface area contributed by atoms with Crippen molar-refractivity contribution >= 4 is 31.9 Å². The van der Waals surface area contributed by atoms with Crippen LogP contribution in [0.15, 0.2) is 27.4 Å². The number of aromatic amines is 1. The Morgan fingerprint density at radius 2 is 2.00 bits per heavy atom. The lowest BCUT2D eigenvalue weighted by atomic mass is 10.2. The highest BCUT2D eigenvalue weighted by Gasteiger charge is 2.08. The molecule has 2 rings (SSSR count). The highest BCUT2D eigenvalue weighted by atomic mass is 79.9. The lowest BCUT2D eigenvalue weighted by Gasteiger charge is -2.11. The van der Waals surface area contributed by atoms with Crippen LogP contribution in [0.5, 0.6) is 5.75 Å². The minimum absolute atomic E-state index is 0.639. The fraction of sp³-hybridized carbons (Fsp3) is 0.333. The summed E-state index contributed by atoms with van der Waals surface area (Å²) in [6.45, 7) is 4.00. The minimum atomic E-state index is 0.639. The van der Waals surface area contributed by atoms with Crippen molar-refractivity contribution in [2.75, 3.05) is 6.61 Å². The summed E-state index contributed by atoms with van der Waals surface area (Å²) in [6, 6.07) is 4.09. The smallest absolute Gasteiger partial charge is 0.147 e. The largest absolute Gasteiger partial charge is 0.492 e. The van der Waals surface area contributed by atoms with Gasteiger partial charge < -0.3 is 10.1 Å². The van der Waals surface area contributed by atoms with Crippen molar-refractivity contribution in [3.8, 4) is 5.75 Å². The fourth-order valence-corrected chi connectivity index (χ4v) is 3.15. The van der Waals surface area contributed by atoms with Gasteiger partial charge in [0.15, 0.2) is 0 Å². The zero-order valence-corrected chi connectivity index (χ0v) is 13.6. The Kier molecular flexibility index (Phi) is 5.35. The van der Waals surface area contributed by atoms with Gasteiger partial charge in [-0.1, -0.05) is 0 Å². The zero-order chi connectivity index (χ0) is 13.7. The molecule has 0 aliphatic heterocycles. The topological polar surface area (TPSA) is 62.8 Å². The van der Waals surface area contributed by atoms with E-state index in [1.54, 1.807) is 0 Å². The molecule has 7 heteroatoms. The van der Waals surface area contributed by atoms with Crippen LogP contribution in [0, 0.1) is 0 Å². The third kappa shape index (κ3) is 4.02. The standard InChI is InChI=1S/C12H14Br2N4O/c1-2-19-12-9(13)3-8(4-10(12)14)5-15-6-11-16-7-17-18-11/h3-4,7,15H,2,5-6H2,1H3,(H,16,17,18). The third-order valence-electron chi connectivity index (χ3n) is 2.43. The number of halogens is 2. The van der Waals surface area contributed by atoms with Gasteiger partial charge in [-0.3, -0.25) is 5.10 Å². The molecule has 0 atom stereocenters. The van der Waals surface area contributed by atoms with E-state index in [1.165, 1.54) is 6.33 Å². The predicted octanol–water partition coefficient (Wildman–Crippen LogP) is 3.02. The van der Waals surface area contributed by atoms with Crippen LogP contribution in [0.2, 0.25) is 0 Å². The van der Waals surface area contributed by atoms with Crippen molar-refractivity contribution in [1.29, 1.82) is 0 Å². The number of H-pyrrole nitrogens is 1. The van der Waals surface area contributed by atoms with Crippen molar-refractivity contribution in [3.05, 3.63) is 38.8 Å². The Bertz CT molecular complexity index is 508. The molecule has 2 N–H and O–H groups in total. The third-order valence-corrected chi connectivity index (χ3v) is 3.61. The molecule has 5 nitrogen and oxygen atoms in total. The average Bonchev–Trinajstić information content (AvgIpc) is 2.87. The molecule has 0 bridgehead atoms. The molecule has 0 radical (unpaired) electrons. The van der Waals surface area contributed by atoms with Gasteiger partial charge in [-0.15, -0.1) is 0 Å². The van der Waals surface area contributed by atoms with Gasteiger partial charge in [-0.25, -0.2) is 4.98 Å². The van der Waals surface area contributed by atoms with Crippen LogP contribution in [0.25, 0.3) is 0 Å². The summed E-state index contributed by atoms with van der Waals surface area (Å²) in [5, 5.41) is 9.90. The van der Waals surface area contributed by atoms with Crippen molar-refractivity contribution in [2.24, 2.45) is 0 Å². The van der Waals surface area contributed by atoms with E-state index in [0.717, 1.165) is 32.6 Å². The molecule has 2 aromatic rings. The summed E-state index contributed by atoms with van der Waals surface area (Å²) in [5.41, 5.74) is 1.15. The van der Waals surface area contributed by atoms with Crippen LogP contribution in [0.4, 0.5) is 0 Å². The summed E-state index contributed by atoms with van der Waals surface area (Å²) in [7, 11) is 0. The molecular formula is C12H14Br2N4O. The molecule has 1 aromatic heterocycles. The summed E-state index contributed by atoms with van der Waals surface area (Å²) in [5.74, 6) is 1.66. The van der Waals surface area contributed by atoms with Gasteiger partial charge in [-0.05, 0) is 56.5 Å². The maximum atomic E-state index is 5.55. The van der Waals surface area contributed by atoms with Gasteiger partial charge in [0.25, 0.3) is 0 Å². The van der Waals surface area contributed by atoms with E-state index in [1.807, 2.05) is 19.1 Å². The van der Waals surface area contributed by atoms with Crippen LogP contribution >= 0.6 is 31.9 Å². The Morgan fingerprint density at radius 3 is 2.58 bits per heavy atom. The Hall–Kier alpha value is -0.920. The van der Waals surface area contributed by atoms with E-state index < -0.39 is 0 Å². The number of aromatic nitrogens is 3. The molecule has 0 unspecified atom stereocenters. The van der Waals surface area contributed by atoms with E-state index >= 15 is 0 Å². The van der Waals surface area contributed by atoms with E-state index in [-0.39, 0.29) is 0 Å². The van der Waals surface area contributed by atoms with Gasteiger partial charge in [0.05, 0.1) is 22.1 Å². The maximum Gasteiger partial charge on any atom is 0.147 e. The molecule has 0 saturated carbocycles. The summed E-state index contributed by atoms with van der Waals surface area (Å²) in [6.07, 6.45) is 1.50. The predicted molar refractivity (Wildman–Crippen MR) is 79.9 cm³/mol. The average molecular weight is 390 g/mol. The van der Waals surface area contributed by atoms with Crippen LogP contribution < -0.4 is 10.1 Å². The number of benzene rings is 1. The highest BCUT2D eigenvalue weighted by Crippen LogP contribution is 2.34. The highest BCUT2D eigenvalue weighted by molar-refractivity contribution is 9.11. The first-order valence-electron chi connectivity index (χ1n) is 5.86. The van der Waals surface area contributed by atoms with Gasteiger partial charge in [-0.2, -0.15) is 5.10 Å². The Morgan fingerprint density at radius 1 is 1.26 bits per heavy atom. The first-order chi connectivity index (χ1) is 9.20. The summed E-state index contributed by atoms with van der Waals surface area (Å²) >= 11 is 7.04. The first-order valence-corrected chi connectivity index (χ1v) is 7.45. The molecule has 0 aliphatic carbocycles. The van der Waals surface area contributed by atoms with E-state index in [2.05, 4.69) is 52.4 Å². The first kappa shape index (κ1) is 14.5. The van der Waals surface area contributed by atoms with Crippen LogP contribution in [0.3, 0.4) is 0 Å². The molecule has 1 aromatic carbocycles. The number of hydrogen-bond donors (Lipinski definition) is 2. The summed E-state index contributed by atoms with van der Waals surface area (Å²) in [4.78, 5) is 4.05. The molecule has 19 heavy (non-hydrogen) atoms. The lowest BCUT2D eigenvalue weighted by molar-refractivity contribution is 0.336. The molecule has 0 fully saturated rings. The molecule has 0 spiro atoms. The molecular weight excluding hydrogens is 376 g/mol. The van der Waals surface area contributed by atoms with Crippen molar-refractivity contribution < 1.29 is 4.74 Å². The Balaban J connectivity index is 1.97. The molecule has 102 valence electrons. The number of ether oxygens (including phenoxy) is 1. The number of nitrogens with one attached hydrogen (secondary N) is 2. The molecule has 0 aliphatic rings. The quantitative estimate of drug-likeness (QED) is 0.797. The summed E-state index contributed by atoms with van der Waals surface area (Å²) < 4.78 is 7.44. The SMILES string of the molecule is CCOc1c(Br)cc(CNCc2ncn[nH]2)cc1Br. The second-order valence-electron chi connectivity index (χ2n) is 3.86. The zero-order valence-electron chi connectivity index (χ0n) is 10.4. The van der Waals surface area contributed by atoms with E-state index in [9.17, 15) is 0 Å². The normalized spacial score (nSPS) is 10.7.